The predicted molar refractivity (Wildman–Crippen MR) is 173 cm³/mol. The fraction of sp³-hybridized carbons (Fsp3) is 0.531. The summed E-state index contributed by atoms with van der Waals surface area (Å²) in [5, 5.41) is 37.9. The highest BCUT2D eigenvalue weighted by Crippen LogP contribution is 2.33. The van der Waals surface area contributed by atoms with Crippen LogP contribution in [0.15, 0.2) is 42.6 Å². The number of hydrogen-bond donors (Lipinski definition) is 4. The zero-order chi connectivity index (χ0) is 34.2. The fourth-order valence-electron chi connectivity index (χ4n) is 5.54. The summed E-state index contributed by atoms with van der Waals surface area (Å²) in [7, 11) is 0. The van der Waals surface area contributed by atoms with Gasteiger partial charge in [0.1, 0.15) is 12.3 Å². The first-order valence-corrected chi connectivity index (χ1v) is 15.6. The average Bonchev–Trinajstić information content (AvgIpc) is 2.99. The number of ether oxygens (including phenoxy) is 1. The van der Waals surface area contributed by atoms with Crippen LogP contribution in [0.4, 0.5) is 5.69 Å². The SMILES string of the molecule is Cc1cccc(OCCCN2CCN(CC(=O)O)CCN(CC(=O)O)CCN(CC(=O)O)CC2)c1N(CC(=O)O)Cc1ccccn1. The van der Waals surface area contributed by atoms with E-state index < -0.39 is 23.9 Å². The Kier molecular flexibility index (Phi) is 15.3. The van der Waals surface area contributed by atoms with Gasteiger partial charge < -0.3 is 35.0 Å². The van der Waals surface area contributed by atoms with Crippen molar-refractivity contribution in [2.45, 2.75) is 19.9 Å². The highest BCUT2D eigenvalue weighted by Gasteiger charge is 2.21. The Morgan fingerprint density at radius 3 is 1.72 bits per heavy atom. The third kappa shape index (κ3) is 13.9. The number of benzene rings is 1. The normalized spacial score (nSPS) is 16.1. The first kappa shape index (κ1) is 37.2. The lowest BCUT2D eigenvalue weighted by Gasteiger charge is -2.33. The molecule has 15 heteroatoms. The Balaban J connectivity index is 1.69. The first-order chi connectivity index (χ1) is 22.5. The van der Waals surface area contributed by atoms with E-state index in [1.807, 2.05) is 37.3 Å². The van der Waals surface area contributed by atoms with E-state index in [1.54, 1.807) is 31.9 Å². The number of rotatable bonds is 16. The molecular formula is C32H46N6O9. The van der Waals surface area contributed by atoms with E-state index in [-0.39, 0.29) is 32.7 Å². The predicted octanol–water partition coefficient (Wildman–Crippen LogP) is 0.726. The van der Waals surface area contributed by atoms with E-state index in [1.165, 1.54) is 0 Å². The molecule has 4 N–H and O–H groups in total. The van der Waals surface area contributed by atoms with Gasteiger partial charge in [0, 0.05) is 65.1 Å². The van der Waals surface area contributed by atoms with E-state index in [0.717, 1.165) is 11.3 Å². The summed E-state index contributed by atoms with van der Waals surface area (Å²) < 4.78 is 6.23. The lowest BCUT2D eigenvalue weighted by Crippen LogP contribution is -2.48. The number of pyridine rings is 1. The van der Waals surface area contributed by atoms with Crippen LogP contribution in [-0.4, -0.2) is 161 Å². The van der Waals surface area contributed by atoms with Crippen LogP contribution in [0.25, 0.3) is 0 Å². The fourth-order valence-corrected chi connectivity index (χ4v) is 5.54. The van der Waals surface area contributed by atoms with Gasteiger partial charge in [-0.2, -0.15) is 0 Å². The van der Waals surface area contributed by atoms with E-state index in [4.69, 9.17) is 4.74 Å². The van der Waals surface area contributed by atoms with Crippen LogP contribution in [0.3, 0.4) is 0 Å². The van der Waals surface area contributed by atoms with Crippen molar-refractivity contribution in [3.8, 4) is 5.75 Å². The maximum Gasteiger partial charge on any atom is 0.323 e. The molecule has 1 aliphatic heterocycles. The van der Waals surface area contributed by atoms with Gasteiger partial charge in [0.05, 0.1) is 44.2 Å². The minimum Gasteiger partial charge on any atom is -0.491 e. The van der Waals surface area contributed by atoms with Gasteiger partial charge in [-0.25, -0.2) is 0 Å². The van der Waals surface area contributed by atoms with Gasteiger partial charge in [0.2, 0.25) is 0 Å². The van der Waals surface area contributed by atoms with Crippen LogP contribution in [0.1, 0.15) is 17.7 Å². The van der Waals surface area contributed by atoms with E-state index in [2.05, 4.69) is 9.88 Å². The molecule has 2 aromatic rings. The maximum atomic E-state index is 11.8. The molecule has 1 aromatic heterocycles. The number of aromatic nitrogens is 1. The molecular weight excluding hydrogens is 612 g/mol. The Morgan fingerprint density at radius 1 is 0.723 bits per heavy atom. The number of anilines is 1. The molecule has 1 saturated heterocycles. The molecule has 47 heavy (non-hydrogen) atoms. The molecule has 15 nitrogen and oxygen atoms in total. The molecule has 0 amide bonds. The standard InChI is InChI=1S/C32H46N6O9/c1-25-6-4-8-27(32(25)38(24-31(45)46)20-26-7-2-3-9-33-26)47-19-5-10-34-11-13-35(21-28(39)40)15-17-37(23-30(43)44)18-16-36(14-12-34)22-29(41)42/h2-4,6-9H,5,10-24H2,1H3,(H,39,40)(H,41,42)(H,43,44)(H,45,46). The van der Waals surface area contributed by atoms with Crippen molar-refractivity contribution < 1.29 is 44.3 Å². The molecule has 258 valence electrons. The van der Waals surface area contributed by atoms with E-state index in [9.17, 15) is 39.6 Å². The van der Waals surface area contributed by atoms with Gasteiger partial charge >= 0.3 is 23.9 Å². The topological polar surface area (TPSA) is 188 Å². The first-order valence-electron chi connectivity index (χ1n) is 15.6. The third-order valence-corrected chi connectivity index (χ3v) is 7.80. The lowest BCUT2D eigenvalue weighted by atomic mass is 10.1. The molecule has 0 bridgehead atoms. The molecule has 1 aromatic carbocycles. The third-order valence-electron chi connectivity index (χ3n) is 7.80. The Hall–Kier alpha value is -4.31. The van der Waals surface area contributed by atoms with Crippen LogP contribution in [0.2, 0.25) is 0 Å². The quantitative estimate of drug-likeness (QED) is 0.185. The highest BCUT2D eigenvalue weighted by atomic mass is 16.5. The lowest BCUT2D eigenvalue weighted by molar-refractivity contribution is -0.140. The second-order valence-electron chi connectivity index (χ2n) is 11.5. The minimum atomic E-state index is -0.999. The number of carbonyl (C=O) groups is 4. The van der Waals surface area contributed by atoms with Crippen molar-refractivity contribution in [3.05, 3.63) is 53.9 Å². The summed E-state index contributed by atoms with van der Waals surface area (Å²) in [5.74, 6) is -3.36. The van der Waals surface area contributed by atoms with Crippen LogP contribution in [-0.2, 0) is 25.7 Å². The average molecular weight is 659 g/mol. The van der Waals surface area contributed by atoms with Gasteiger partial charge in [-0.05, 0) is 37.1 Å². The van der Waals surface area contributed by atoms with Crippen LogP contribution in [0.5, 0.6) is 5.75 Å². The molecule has 0 atom stereocenters. The number of hydrogen-bond acceptors (Lipinski definition) is 11. The summed E-state index contributed by atoms with van der Waals surface area (Å²) in [5.41, 5.74) is 2.26. The maximum absolute atomic E-state index is 11.8. The molecule has 1 fully saturated rings. The zero-order valence-corrected chi connectivity index (χ0v) is 26.9. The van der Waals surface area contributed by atoms with Crippen molar-refractivity contribution in [1.29, 1.82) is 0 Å². The van der Waals surface area contributed by atoms with Gasteiger partial charge in [-0.3, -0.25) is 38.9 Å². The highest BCUT2D eigenvalue weighted by molar-refractivity contribution is 5.76. The van der Waals surface area contributed by atoms with Gasteiger partial charge in [-0.15, -0.1) is 0 Å². The zero-order valence-electron chi connectivity index (χ0n) is 26.9. The minimum absolute atomic E-state index is 0.176. The second kappa shape index (κ2) is 19.4. The number of carboxylic acid groups (broad SMARTS) is 4. The molecule has 1 aliphatic rings. The molecule has 0 spiro atoms. The van der Waals surface area contributed by atoms with Crippen LogP contribution >= 0.6 is 0 Å². The Morgan fingerprint density at radius 2 is 1.26 bits per heavy atom. The number of para-hydroxylation sites is 1. The molecule has 0 aliphatic carbocycles. The number of aliphatic carboxylic acids is 4. The Labute approximate surface area is 274 Å². The second-order valence-corrected chi connectivity index (χ2v) is 11.5. The summed E-state index contributed by atoms with van der Waals surface area (Å²) in [6.45, 7) is 5.64. The summed E-state index contributed by atoms with van der Waals surface area (Å²) in [6.07, 6.45) is 2.27. The monoisotopic (exact) mass is 658 g/mol. The van der Waals surface area contributed by atoms with Crippen LogP contribution < -0.4 is 9.64 Å². The van der Waals surface area contributed by atoms with Crippen molar-refractivity contribution in [3.63, 3.8) is 0 Å². The molecule has 0 saturated carbocycles. The summed E-state index contributed by atoms with van der Waals surface area (Å²) in [4.78, 5) is 59.8. The molecule has 3 rings (SSSR count). The van der Waals surface area contributed by atoms with Gasteiger partial charge in [0.25, 0.3) is 0 Å². The van der Waals surface area contributed by atoms with Gasteiger partial charge in [-0.1, -0.05) is 18.2 Å². The number of aryl methyl sites for hydroxylation is 1. The number of carboxylic acids is 4. The van der Waals surface area contributed by atoms with Crippen molar-refractivity contribution in [1.82, 2.24) is 24.6 Å². The van der Waals surface area contributed by atoms with Gasteiger partial charge in [0.15, 0.2) is 0 Å². The van der Waals surface area contributed by atoms with E-state index in [0.29, 0.717) is 83.4 Å². The molecule has 0 radical (unpaired) electrons. The van der Waals surface area contributed by atoms with Crippen molar-refractivity contribution in [2.75, 3.05) is 96.6 Å². The van der Waals surface area contributed by atoms with Crippen molar-refractivity contribution >= 4 is 29.6 Å². The largest absolute Gasteiger partial charge is 0.491 e. The number of nitrogens with zero attached hydrogens (tertiary/aromatic N) is 6. The van der Waals surface area contributed by atoms with E-state index >= 15 is 0 Å². The van der Waals surface area contributed by atoms with Crippen molar-refractivity contribution in [2.24, 2.45) is 0 Å². The molecule has 0 unspecified atom stereocenters. The smallest absolute Gasteiger partial charge is 0.323 e. The molecule has 2 heterocycles. The van der Waals surface area contributed by atoms with Crippen LogP contribution in [0, 0.1) is 6.92 Å². The Bertz CT molecular complexity index is 1280. The summed E-state index contributed by atoms with van der Waals surface area (Å²) in [6, 6.07) is 11.1. The summed E-state index contributed by atoms with van der Waals surface area (Å²) >= 11 is 0.